The Kier molecular flexibility index (Phi) is 4.44. The molecule has 0 saturated heterocycles. The highest BCUT2D eigenvalue weighted by molar-refractivity contribution is 8.13. The van der Waals surface area contributed by atoms with Gasteiger partial charge in [0.05, 0.1) is 4.90 Å². The fourth-order valence-electron chi connectivity index (χ4n) is 1.46. The minimum atomic E-state index is -3.70. The molecule has 92 valence electrons. The van der Waals surface area contributed by atoms with Gasteiger partial charge >= 0.3 is 0 Å². The van der Waals surface area contributed by atoms with Crippen LogP contribution in [-0.2, 0) is 9.05 Å². The molecular formula is C12H13ClO3S. The zero-order valence-corrected chi connectivity index (χ0v) is 11.4. The zero-order valence-electron chi connectivity index (χ0n) is 9.87. The standard InChI is InChI=1S/C12H13ClO3S/c1-4-5-6-16-12-9(2)7-11(8-10(12)3)17(13,14)15/h7-8H,6H2,1-3H3. The summed E-state index contributed by atoms with van der Waals surface area (Å²) in [4.78, 5) is 0.0862. The van der Waals surface area contributed by atoms with Crippen molar-refractivity contribution in [2.75, 3.05) is 6.61 Å². The van der Waals surface area contributed by atoms with Gasteiger partial charge in [-0.2, -0.15) is 0 Å². The maximum atomic E-state index is 11.2. The zero-order chi connectivity index (χ0) is 13.1. The quantitative estimate of drug-likeness (QED) is 0.628. The van der Waals surface area contributed by atoms with Crippen molar-refractivity contribution in [3.8, 4) is 17.6 Å². The van der Waals surface area contributed by atoms with Crippen LogP contribution in [0.5, 0.6) is 5.75 Å². The second-order valence-electron chi connectivity index (χ2n) is 3.54. The van der Waals surface area contributed by atoms with Crippen molar-refractivity contribution in [2.45, 2.75) is 25.7 Å². The van der Waals surface area contributed by atoms with Crippen molar-refractivity contribution in [3.63, 3.8) is 0 Å². The number of hydrogen-bond acceptors (Lipinski definition) is 3. The SMILES string of the molecule is CC#CCOc1c(C)cc(S(=O)(=O)Cl)cc1C. The van der Waals surface area contributed by atoms with E-state index in [4.69, 9.17) is 15.4 Å². The summed E-state index contributed by atoms with van der Waals surface area (Å²) < 4.78 is 27.9. The summed E-state index contributed by atoms with van der Waals surface area (Å²) in [6, 6.07) is 2.98. The first kappa shape index (κ1) is 13.9. The molecule has 0 fully saturated rings. The Morgan fingerprint density at radius 1 is 1.29 bits per heavy atom. The molecular weight excluding hydrogens is 260 g/mol. The number of ether oxygens (including phenoxy) is 1. The van der Waals surface area contributed by atoms with E-state index in [0.717, 1.165) is 11.1 Å². The van der Waals surface area contributed by atoms with E-state index in [2.05, 4.69) is 11.8 Å². The smallest absolute Gasteiger partial charge is 0.261 e. The number of benzene rings is 1. The van der Waals surface area contributed by atoms with Crippen molar-refractivity contribution in [2.24, 2.45) is 0 Å². The van der Waals surface area contributed by atoms with E-state index in [-0.39, 0.29) is 11.5 Å². The molecule has 0 aliphatic rings. The lowest BCUT2D eigenvalue weighted by molar-refractivity contribution is 0.364. The molecule has 0 aliphatic carbocycles. The van der Waals surface area contributed by atoms with E-state index in [0.29, 0.717) is 5.75 Å². The lowest BCUT2D eigenvalue weighted by Gasteiger charge is -2.11. The minimum absolute atomic E-state index is 0.0862. The maximum Gasteiger partial charge on any atom is 0.261 e. The Balaban J connectivity index is 3.14. The molecule has 5 heteroatoms. The molecule has 0 heterocycles. The van der Waals surface area contributed by atoms with Gasteiger partial charge in [0.2, 0.25) is 0 Å². The monoisotopic (exact) mass is 272 g/mol. The predicted molar refractivity (Wildman–Crippen MR) is 67.9 cm³/mol. The van der Waals surface area contributed by atoms with Crippen LogP contribution in [0.4, 0.5) is 0 Å². The third-order valence-electron chi connectivity index (χ3n) is 2.18. The van der Waals surface area contributed by atoms with Gasteiger partial charge in [-0.15, -0.1) is 5.92 Å². The molecule has 17 heavy (non-hydrogen) atoms. The van der Waals surface area contributed by atoms with E-state index in [9.17, 15) is 8.42 Å². The summed E-state index contributed by atoms with van der Waals surface area (Å²) in [6.07, 6.45) is 0. The molecule has 1 aromatic rings. The lowest BCUT2D eigenvalue weighted by atomic mass is 10.1. The van der Waals surface area contributed by atoms with Crippen LogP contribution in [0.25, 0.3) is 0 Å². The van der Waals surface area contributed by atoms with Crippen LogP contribution in [0.3, 0.4) is 0 Å². The molecule has 0 unspecified atom stereocenters. The number of hydrogen-bond donors (Lipinski definition) is 0. The molecule has 1 aromatic carbocycles. The summed E-state index contributed by atoms with van der Waals surface area (Å²) in [5.41, 5.74) is 1.45. The number of rotatable bonds is 3. The first-order chi connectivity index (χ1) is 7.86. The van der Waals surface area contributed by atoms with Gasteiger partial charge in [0.25, 0.3) is 9.05 Å². The Hall–Kier alpha value is -1.18. The van der Waals surface area contributed by atoms with Crippen LogP contribution in [0.1, 0.15) is 18.1 Å². The predicted octanol–water partition coefficient (Wildman–Crippen LogP) is 2.63. The van der Waals surface area contributed by atoms with Gasteiger partial charge in [-0.1, -0.05) is 5.92 Å². The topological polar surface area (TPSA) is 43.4 Å². The van der Waals surface area contributed by atoms with E-state index in [1.807, 2.05) is 0 Å². The van der Waals surface area contributed by atoms with Crippen LogP contribution in [-0.4, -0.2) is 15.0 Å². The molecule has 0 spiro atoms. The van der Waals surface area contributed by atoms with Crippen LogP contribution in [0, 0.1) is 25.7 Å². The third-order valence-corrected chi connectivity index (χ3v) is 3.51. The Morgan fingerprint density at radius 2 is 1.82 bits per heavy atom. The van der Waals surface area contributed by atoms with Gasteiger partial charge in [-0.25, -0.2) is 8.42 Å². The summed E-state index contributed by atoms with van der Waals surface area (Å²) >= 11 is 0. The fraction of sp³-hybridized carbons (Fsp3) is 0.333. The molecule has 0 aromatic heterocycles. The fourth-order valence-corrected chi connectivity index (χ4v) is 2.36. The van der Waals surface area contributed by atoms with Gasteiger partial charge in [0.1, 0.15) is 12.4 Å². The van der Waals surface area contributed by atoms with Crippen molar-refractivity contribution in [1.82, 2.24) is 0 Å². The highest BCUT2D eigenvalue weighted by Gasteiger charge is 2.14. The summed E-state index contributed by atoms with van der Waals surface area (Å²) in [5, 5.41) is 0. The second-order valence-corrected chi connectivity index (χ2v) is 6.11. The molecule has 0 bridgehead atoms. The summed E-state index contributed by atoms with van der Waals surface area (Å²) in [6.45, 7) is 5.55. The van der Waals surface area contributed by atoms with E-state index >= 15 is 0 Å². The van der Waals surface area contributed by atoms with Crippen LogP contribution < -0.4 is 4.74 Å². The Morgan fingerprint density at radius 3 is 2.24 bits per heavy atom. The van der Waals surface area contributed by atoms with Gasteiger partial charge < -0.3 is 4.74 Å². The normalized spacial score (nSPS) is 10.6. The molecule has 0 saturated carbocycles. The highest BCUT2D eigenvalue weighted by atomic mass is 35.7. The van der Waals surface area contributed by atoms with Gasteiger partial charge in [0, 0.05) is 10.7 Å². The molecule has 0 aliphatic heterocycles. The minimum Gasteiger partial charge on any atom is -0.480 e. The molecule has 0 amide bonds. The maximum absolute atomic E-state index is 11.2. The molecule has 0 N–H and O–H groups in total. The van der Waals surface area contributed by atoms with Gasteiger partial charge in [-0.3, -0.25) is 0 Å². The van der Waals surface area contributed by atoms with Gasteiger partial charge in [-0.05, 0) is 44.0 Å². The molecule has 1 rings (SSSR count). The number of aryl methyl sites for hydroxylation is 2. The van der Waals surface area contributed by atoms with Crippen LogP contribution >= 0.6 is 10.7 Å². The molecule has 3 nitrogen and oxygen atoms in total. The van der Waals surface area contributed by atoms with Crippen molar-refractivity contribution < 1.29 is 13.2 Å². The second kappa shape index (κ2) is 5.44. The summed E-state index contributed by atoms with van der Waals surface area (Å²) in [7, 11) is 1.59. The van der Waals surface area contributed by atoms with Crippen molar-refractivity contribution in [3.05, 3.63) is 23.3 Å². The summed E-state index contributed by atoms with van der Waals surface area (Å²) in [5.74, 6) is 6.15. The highest BCUT2D eigenvalue weighted by Crippen LogP contribution is 2.28. The molecule has 0 atom stereocenters. The van der Waals surface area contributed by atoms with Crippen LogP contribution in [0.2, 0.25) is 0 Å². The van der Waals surface area contributed by atoms with Crippen molar-refractivity contribution >= 4 is 19.7 Å². The van der Waals surface area contributed by atoms with Crippen molar-refractivity contribution in [1.29, 1.82) is 0 Å². The first-order valence-electron chi connectivity index (χ1n) is 4.94. The van der Waals surface area contributed by atoms with E-state index in [1.165, 1.54) is 12.1 Å². The average Bonchev–Trinajstić information content (AvgIpc) is 2.20. The lowest BCUT2D eigenvalue weighted by Crippen LogP contribution is -2.01. The largest absolute Gasteiger partial charge is 0.480 e. The molecule has 0 radical (unpaired) electrons. The Labute approximate surface area is 106 Å². The first-order valence-corrected chi connectivity index (χ1v) is 7.25. The van der Waals surface area contributed by atoms with E-state index in [1.54, 1.807) is 20.8 Å². The van der Waals surface area contributed by atoms with E-state index < -0.39 is 9.05 Å². The van der Waals surface area contributed by atoms with Crippen LogP contribution in [0.15, 0.2) is 17.0 Å². The Bertz CT molecular complexity index is 556. The number of halogens is 1. The average molecular weight is 273 g/mol. The third kappa shape index (κ3) is 3.65. The van der Waals surface area contributed by atoms with Gasteiger partial charge in [0.15, 0.2) is 0 Å².